The molecule has 35 heavy (non-hydrogen) atoms. The highest BCUT2D eigenvalue weighted by molar-refractivity contribution is 6.40. The van der Waals surface area contributed by atoms with Gasteiger partial charge in [-0.3, -0.25) is 14.5 Å². The van der Waals surface area contributed by atoms with Crippen molar-refractivity contribution in [1.29, 1.82) is 0 Å². The van der Waals surface area contributed by atoms with E-state index in [0.717, 1.165) is 44.6 Å². The smallest absolute Gasteiger partial charge is 0.317 e. The van der Waals surface area contributed by atoms with Crippen LogP contribution in [0.4, 0.5) is 27.5 Å². The molecule has 3 aliphatic carbocycles. The number of carbonyl (C=O) groups is 2. The van der Waals surface area contributed by atoms with Gasteiger partial charge in [-0.2, -0.15) is 4.98 Å². The summed E-state index contributed by atoms with van der Waals surface area (Å²) in [4.78, 5) is 38.8. The summed E-state index contributed by atoms with van der Waals surface area (Å²) in [6.45, 7) is 5.75. The Morgan fingerprint density at radius 1 is 1.17 bits per heavy atom. The van der Waals surface area contributed by atoms with Gasteiger partial charge in [0.05, 0.1) is 11.2 Å². The van der Waals surface area contributed by atoms with Crippen molar-refractivity contribution in [3.63, 3.8) is 0 Å². The maximum atomic E-state index is 14.9. The van der Waals surface area contributed by atoms with Crippen LogP contribution in [-0.2, 0) is 16.0 Å². The molecule has 2 amide bonds. The predicted octanol–water partition coefficient (Wildman–Crippen LogP) is 1.96. The molecule has 1 saturated heterocycles. The van der Waals surface area contributed by atoms with E-state index in [1.165, 1.54) is 6.07 Å². The van der Waals surface area contributed by atoms with E-state index in [1.54, 1.807) is 17.2 Å². The second-order valence-corrected chi connectivity index (χ2v) is 10.1. The fourth-order valence-electron chi connectivity index (χ4n) is 5.95. The maximum absolute atomic E-state index is 14.9. The number of hydrogen-bond acceptors (Lipinski definition) is 7. The van der Waals surface area contributed by atoms with Crippen LogP contribution < -0.4 is 25.8 Å². The van der Waals surface area contributed by atoms with E-state index in [1.807, 2.05) is 11.0 Å². The first-order valence-corrected chi connectivity index (χ1v) is 12.5. The minimum Gasteiger partial charge on any atom is -0.367 e. The van der Waals surface area contributed by atoms with E-state index < -0.39 is 11.8 Å². The number of anilines is 4. The number of aromatic nitrogens is 2. The van der Waals surface area contributed by atoms with Crippen molar-refractivity contribution >= 4 is 35.0 Å². The van der Waals surface area contributed by atoms with Crippen molar-refractivity contribution in [2.75, 3.05) is 47.8 Å². The van der Waals surface area contributed by atoms with Gasteiger partial charge in [0.15, 0.2) is 0 Å². The van der Waals surface area contributed by atoms with Gasteiger partial charge in [-0.15, -0.1) is 0 Å². The number of nitrogens with one attached hydrogen (secondary N) is 3. The molecule has 10 heteroatoms. The lowest BCUT2D eigenvalue weighted by Gasteiger charge is -2.70. The van der Waals surface area contributed by atoms with Gasteiger partial charge in [-0.05, 0) is 55.7 Å². The molecule has 2 bridgehead atoms. The Balaban J connectivity index is 1.32. The van der Waals surface area contributed by atoms with Gasteiger partial charge in [0.1, 0.15) is 11.6 Å². The van der Waals surface area contributed by atoms with Gasteiger partial charge in [-0.1, -0.05) is 6.92 Å². The van der Waals surface area contributed by atoms with Crippen LogP contribution in [0.2, 0.25) is 0 Å². The first kappa shape index (κ1) is 22.2. The van der Waals surface area contributed by atoms with Crippen LogP contribution >= 0.6 is 0 Å². The number of nitrogens with zero attached hydrogens (tertiary/aromatic N) is 4. The summed E-state index contributed by atoms with van der Waals surface area (Å²) < 4.78 is 14.9. The zero-order valence-corrected chi connectivity index (χ0v) is 19.8. The third kappa shape index (κ3) is 3.62. The average Bonchev–Trinajstić information content (AvgIpc) is 2.89. The zero-order valence-electron chi connectivity index (χ0n) is 19.8. The monoisotopic (exact) mass is 479 g/mol. The van der Waals surface area contributed by atoms with Crippen LogP contribution in [0, 0.1) is 17.7 Å². The lowest BCUT2D eigenvalue weighted by molar-refractivity contribution is -0.147. The molecule has 9 nitrogen and oxygen atoms in total. The molecule has 3 N–H and O–H groups in total. The normalized spacial score (nSPS) is 28.1. The highest BCUT2D eigenvalue weighted by Crippen LogP contribution is 2.65. The number of benzene rings is 1. The molecule has 0 radical (unpaired) electrons. The van der Waals surface area contributed by atoms with Crippen LogP contribution in [0.1, 0.15) is 31.7 Å². The topological polar surface area (TPSA) is 102 Å². The SMILES string of the molecule is C[C@@H]1C2CC1(N1C(=O)C(=O)NCCCc3cnc(Nc4ccc(N5CCNCC5)c(F)c4)nc31)C2. The molecule has 1 aromatic carbocycles. The minimum atomic E-state index is -0.589. The number of aryl methyl sites for hydroxylation is 1. The van der Waals surface area contributed by atoms with E-state index in [9.17, 15) is 14.0 Å². The second kappa shape index (κ2) is 8.44. The Kier molecular flexibility index (Phi) is 5.36. The van der Waals surface area contributed by atoms with Gasteiger partial charge in [-0.25, -0.2) is 9.37 Å². The van der Waals surface area contributed by atoms with Crippen molar-refractivity contribution in [1.82, 2.24) is 20.6 Å². The molecule has 7 rings (SSSR count). The van der Waals surface area contributed by atoms with Gasteiger partial charge in [0.25, 0.3) is 0 Å². The molecule has 5 aliphatic rings. The zero-order chi connectivity index (χ0) is 24.2. The summed E-state index contributed by atoms with van der Waals surface area (Å²) >= 11 is 0. The van der Waals surface area contributed by atoms with Gasteiger partial charge in [0, 0.05) is 50.2 Å². The molecule has 2 aliphatic heterocycles. The second-order valence-electron chi connectivity index (χ2n) is 10.1. The van der Waals surface area contributed by atoms with E-state index in [2.05, 4.69) is 27.9 Å². The Labute approximate surface area is 203 Å². The number of amides is 2. The Morgan fingerprint density at radius 3 is 2.66 bits per heavy atom. The Hall–Kier alpha value is -3.27. The molecule has 2 aromatic rings. The predicted molar refractivity (Wildman–Crippen MR) is 130 cm³/mol. The van der Waals surface area contributed by atoms with Crippen LogP contribution in [0.25, 0.3) is 0 Å². The van der Waals surface area contributed by atoms with E-state index in [-0.39, 0.29) is 17.3 Å². The summed E-state index contributed by atoms with van der Waals surface area (Å²) in [5.41, 5.74) is 1.59. The highest BCUT2D eigenvalue weighted by Gasteiger charge is 2.68. The average molecular weight is 480 g/mol. The van der Waals surface area contributed by atoms with E-state index in [0.29, 0.717) is 48.4 Å². The lowest BCUT2D eigenvalue weighted by atomic mass is 9.42. The fourth-order valence-corrected chi connectivity index (χ4v) is 5.95. The molecule has 1 aromatic heterocycles. The molecule has 184 valence electrons. The van der Waals surface area contributed by atoms with Crippen LogP contribution in [0.3, 0.4) is 0 Å². The maximum Gasteiger partial charge on any atom is 0.317 e. The molecular weight excluding hydrogens is 449 g/mol. The molecule has 3 heterocycles. The standard InChI is InChI=1S/C25H30FN7O2/c1-15-17-12-25(15,13-17)33-21-16(3-2-6-28-22(34)23(33)35)14-29-24(31-21)30-18-4-5-20(19(26)11-18)32-9-7-27-8-10-32/h4-5,11,14-15,17,27H,2-3,6-10,12-13H2,1H3,(H,28,34)(H,29,30,31)/t15-,17?,25?/m1/s1. The summed E-state index contributed by atoms with van der Waals surface area (Å²) in [6, 6.07) is 5.03. The molecule has 1 atom stereocenters. The van der Waals surface area contributed by atoms with Crippen LogP contribution in [0.15, 0.2) is 24.4 Å². The van der Waals surface area contributed by atoms with E-state index in [4.69, 9.17) is 4.98 Å². The van der Waals surface area contributed by atoms with Gasteiger partial charge < -0.3 is 20.9 Å². The lowest BCUT2D eigenvalue weighted by Crippen LogP contribution is -2.77. The van der Waals surface area contributed by atoms with Gasteiger partial charge >= 0.3 is 11.8 Å². The summed E-state index contributed by atoms with van der Waals surface area (Å²) in [5.74, 6) is 0.227. The quantitative estimate of drug-likeness (QED) is 0.576. The number of carbonyl (C=O) groups excluding carboxylic acids is 2. The van der Waals surface area contributed by atoms with Crippen LogP contribution in [-0.4, -0.2) is 60.0 Å². The molecular formula is C25H30FN7O2. The third-order valence-electron chi connectivity index (χ3n) is 8.25. The first-order valence-electron chi connectivity index (χ1n) is 12.5. The molecule has 0 spiro atoms. The largest absolute Gasteiger partial charge is 0.367 e. The Morgan fingerprint density at radius 2 is 1.97 bits per heavy atom. The highest BCUT2D eigenvalue weighted by atomic mass is 19.1. The fraction of sp³-hybridized carbons (Fsp3) is 0.520. The van der Waals surface area contributed by atoms with Gasteiger partial charge in [0.2, 0.25) is 5.95 Å². The first-order chi connectivity index (χ1) is 17.0. The third-order valence-corrected chi connectivity index (χ3v) is 8.25. The minimum absolute atomic E-state index is 0.273. The molecule has 0 unspecified atom stereocenters. The number of hydrogen-bond donors (Lipinski definition) is 3. The number of rotatable bonds is 4. The van der Waals surface area contributed by atoms with Crippen molar-refractivity contribution in [3.05, 3.63) is 35.8 Å². The van der Waals surface area contributed by atoms with Crippen molar-refractivity contribution in [2.24, 2.45) is 11.8 Å². The number of fused-ring (bicyclic) bond motifs is 1. The van der Waals surface area contributed by atoms with E-state index >= 15 is 0 Å². The number of piperazine rings is 1. The summed E-state index contributed by atoms with van der Waals surface area (Å²) in [7, 11) is 0. The molecule has 3 saturated carbocycles. The van der Waals surface area contributed by atoms with Crippen molar-refractivity contribution in [2.45, 2.75) is 38.1 Å². The summed E-state index contributed by atoms with van der Waals surface area (Å²) in [6.07, 6.45) is 4.85. The molecule has 4 fully saturated rings. The summed E-state index contributed by atoms with van der Waals surface area (Å²) in [5, 5.41) is 9.12. The Bertz CT molecular complexity index is 1180. The number of halogens is 1. The van der Waals surface area contributed by atoms with Crippen molar-refractivity contribution in [3.8, 4) is 0 Å². The van der Waals surface area contributed by atoms with Crippen LogP contribution in [0.5, 0.6) is 0 Å². The van der Waals surface area contributed by atoms with Crippen molar-refractivity contribution < 1.29 is 14.0 Å².